The molecule has 0 radical (unpaired) electrons. The van der Waals surface area contributed by atoms with E-state index in [1.807, 2.05) is 23.1 Å². The Morgan fingerprint density at radius 1 is 1.19 bits per heavy atom. The van der Waals surface area contributed by atoms with Crippen molar-refractivity contribution in [3.8, 4) is 5.75 Å². The fourth-order valence-corrected chi connectivity index (χ4v) is 3.20. The molecule has 136 valence electrons. The second-order valence-corrected chi connectivity index (χ2v) is 7.40. The molecule has 26 heavy (non-hydrogen) atoms. The number of ether oxygens (including phenoxy) is 1. The largest absolute Gasteiger partial charge is 0.483 e. The summed E-state index contributed by atoms with van der Waals surface area (Å²) in [5.74, 6) is 0.634. The van der Waals surface area contributed by atoms with Crippen LogP contribution in [0.5, 0.6) is 5.75 Å². The standard InChI is InChI=1S/C20H21BrN2O3/c1-14-10-11-23(12-14)20(25)17-4-2-3-5-18(17)26-13-19(24)22-16-8-6-15(21)7-9-16/h2-9,14H,10-13H2,1H3,(H,22,24). The van der Waals surface area contributed by atoms with Crippen molar-refractivity contribution in [2.75, 3.05) is 25.0 Å². The number of rotatable bonds is 5. The summed E-state index contributed by atoms with van der Waals surface area (Å²) in [5, 5.41) is 2.77. The monoisotopic (exact) mass is 416 g/mol. The third-order valence-corrected chi connectivity index (χ3v) is 4.84. The molecule has 6 heteroatoms. The summed E-state index contributed by atoms with van der Waals surface area (Å²) in [7, 11) is 0. The van der Waals surface area contributed by atoms with Gasteiger partial charge in [-0.1, -0.05) is 35.0 Å². The molecule has 0 aliphatic carbocycles. The fraction of sp³-hybridized carbons (Fsp3) is 0.300. The second-order valence-electron chi connectivity index (χ2n) is 6.48. The van der Waals surface area contributed by atoms with Crippen molar-refractivity contribution < 1.29 is 14.3 Å². The molecule has 1 aliphatic rings. The first kappa shape index (κ1) is 18.5. The number of carbonyl (C=O) groups is 2. The van der Waals surface area contributed by atoms with Crippen LogP contribution in [0.15, 0.2) is 53.0 Å². The van der Waals surface area contributed by atoms with Gasteiger partial charge in [0.1, 0.15) is 5.75 Å². The number of halogens is 1. The normalized spacial score (nSPS) is 16.4. The number of carbonyl (C=O) groups excluding carboxylic acids is 2. The van der Waals surface area contributed by atoms with Crippen LogP contribution in [0, 0.1) is 5.92 Å². The van der Waals surface area contributed by atoms with Gasteiger partial charge >= 0.3 is 0 Å². The van der Waals surface area contributed by atoms with Gasteiger partial charge in [0.15, 0.2) is 6.61 Å². The van der Waals surface area contributed by atoms with E-state index in [1.165, 1.54) is 0 Å². The molecule has 1 saturated heterocycles. The Morgan fingerprint density at radius 2 is 1.92 bits per heavy atom. The molecule has 0 bridgehead atoms. The van der Waals surface area contributed by atoms with Crippen LogP contribution in [0.4, 0.5) is 5.69 Å². The molecule has 1 aliphatic heterocycles. The van der Waals surface area contributed by atoms with E-state index < -0.39 is 0 Å². The van der Waals surface area contributed by atoms with Gasteiger partial charge in [-0.05, 0) is 48.7 Å². The molecular formula is C20H21BrN2O3. The van der Waals surface area contributed by atoms with E-state index in [0.717, 1.165) is 24.0 Å². The molecule has 2 amide bonds. The topological polar surface area (TPSA) is 58.6 Å². The van der Waals surface area contributed by atoms with Gasteiger partial charge in [-0.15, -0.1) is 0 Å². The van der Waals surface area contributed by atoms with Crippen LogP contribution < -0.4 is 10.1 Å². The van der Waals surface area contributed by atoms with Crippen LogP contribution in [0.1, 0.15) is 23.7 Å². The van der Waals surface area contributed by atoms with Crippen LogP contribution in [0.3, 0.4) is 0 Å². The summed E-state index contributed by atoms with van der Waals surface area (Å²) in [6.45, 7) is 3.51. The first-order valence-corrected chi connectivity index (χ1v) is 9.39. The molecule has 0 spiro atoms. The van der Waals surface area contributed by atoms with E-state index in [-0.39, 0.29) is 18.4 Å². The van der Waals surface area contributed by atoms with Gasteiger partial charge in [-0.3, -0.25) is 9.59 Å². The SMILES string of the molecule is CC1CCN(C(=O)c2ccccc2OCC(=O)Nc2ccc(Br)cc2)C1. The van der Waals surface area contributed by atoms with Crippen molar-refractivity contribution in [2.45, 2.75) is 13.3 Å². The Hall–Kier alpha value is -2.34. The number of para-hydroxylation sites is 1. The highest BCUT2D eigenvalue weighted by atomic mass is 79.9. The van der Waals surface area contributed by atoms with E-state index >= 15 is 0 Å². The Labute approximate surface area is 161 Å². The summed E-state index contributed by atoms with van der Waals surface area (Å²) in [6, 6.07) is 14.4. The maximum Gasteiger partial charge on any atom is 0.262 e. The Balaban J connectivity index is 1.62. The molecular weight excluding hydrogens is 396 g/mol. The molecule has 0 aromatic heterocycles. The lowest BCUT2D eigenvalue weighted by Gasteiger charge is -2.18. The summed E-state index contributed by atoms with van der Waals surface area (Å²) >= 11 is 3.35. The zero-order valence-corrected chi connectivity index (χ0v) is 16.2. The van der Waals surface area contributed by atoms with E-state index in [9.17, 15) is 9.59 Å². The molecule has 2 aromatic carbocycles. The van der Waals surface area contributed by atoms with Crippen molar-refractivity contribution in [1.82, 2.24) is 4.90 Å². The Morgan fingerprint density at radius 3 is 2.62 bits per heavy atom. The number of likely N-dealkylation sites (tertiary alicyclic amines) is 1. The lowest BCUT2D eigenvalue weighted by Crippen LogP contribution is -2.29. The minimum Gasteiger partial charge on any atom is -0.483 e. The maximum atomic E-state index is 12.7. The van der Waals surface area contributed by atoms with E-state index in [0.29, 0.717) is 22.9 Å². The predicted molar refractivity (Wildman–Crippen MR) is 104 cm³/mol. The van der Waals surface area contributed by atoms with Crippen LogP contribution in [-0.4, -0.2) is 36.4 Å². The first-order valence-electron chi connectivity index (χ1n) is 8.59. The zero-order valence-electron chi connectivity index (χ0n) is 14.6. The van der Waals surface area contributed by atoms with E-state index in [1.54, 1.807) is 30.3 Å². The van der Waals surface area contributed by atoms with Crippen LogP contribution >= 0.6 is 15.9 Å². The van der Waals surface area contributed by atoms with Crippen LogP contribution in [-0.2, 0) is 4.79 Å². The van der Waals surface area contributed by atoms with Gasteiger partial charge in [0.25, 0.3) is 11.8 Å². The highest BCUT2D eigenvalue weighted by Crippen LogP contribution is 2.24. The van der Waals surface area contributed by atoms with Gasteiger partial charge in [0.05, 0.1) is 5.56 Å². The minimum absolute atomic E-state index is 0.0433. The predicted octanol–water partition coefficient (Wildman–Crippen LogP) is 3.95. The van der Waals surface area contributed by atoms with Crippen molar-refractivity contribution in [3.63, 3.8) is 0 Å². The van der Waals surface area contributed by atoms with E-state index in [4.69, 9.17) is 4.74 Å². The van der Waals surface area contributed by atoms with Crippen LogP contribution in [0.25, 0.3) is 0 Å². The molecule has 0 saturated carbocycles. The minimum atomic E-state index is -0.274. The van der Waals surface area contributed by atoms with E-state index in [2.05, 4.69) is 28.2 Å². The number of hydrogen-bond donors (Lipinski definition) is 1. The molecule has 1 heterocycles. The van der Waals surface area contributed by atoms with Gasteiger partial charge in [-0.25, -0.2) is 0 Å². The van der Waals surface area contributed by atoms with Gasteiger partial charge in [-0.2, -0.15) is 0 Å². The van der Waals surface area contributed by atoms with Crippen molar-refractivity contribution in [2.24, 2.45) is 5.92 Å². The molecule has 1 N–H and O–H groups in total. The first-order chi connectivity index (χ1) is 12.5. The van der Waals surface area contributed by atoms with Crippen molar-refractivity contribution in [3.05, 3.63) is 58.6 Å². The van der Waals surface area contributed by atoms with Gasteiger partial charge in [0.2, 0.25) is 0 Å². The molecule has 1 fully saturated rings. The van der Waals surface area contributed by atoms with Gasteiger partial charge < -0.3 is 15.0 Å². The summed E-state index contributed by atoms with van der Waals surface area (Å²) in [5.41, 5.74) is 1.19. The average Bonchev–Trinajstić information content (AvgIpc) is 3.08. The molecule has 1 unspecified atom stereocenters. The lowest BCUT2D eigenvalue weighted by molar-refractivity contribution is -0.118. The van der Waals surface area contributed by atoms with Crippen molar-refractivity contribution >= 4 is 33.4 Å². The molecule has 1 atom stereocenters. The number of hydrogen-bond acceptors (Lipinski definition) is 3. The quantitative estimate of drug-likeness (QED) is 0.802. The molecule has 5 nitrogen and oxygen atoms in total. The summed E-state index contributed by atoms with van der Waals surface area (Å²) < 4.78 is 6.57. The third-order valence-electron chi connectivity index (χ3n) is 4.32. The summed E-state index contributed by atoms with van der Waals surface area (Å²) in [6.07, 6.45) is 1.02. The number of nitrogens with one attached hydrogen (secondary N) is 1. The number of amides is 2. The summed E-state index contributed by atoms with van der Waals surface area (Å²) in [4.78, 5) is 26.7. The molecule has 2 aromatic rings. The highest BCUT2D eigenvalue weighted by Gasteiger charge is 2.26. The zero-order chi connectivity index (χ0) is 18.5. The lowest BCUT2D eigenvalue weighted by atomic mass is 10.1. The third kappa shape index (κ3) is 4.64. The second kappa shape index (κ2) is 8.36. The number of benzene rings is 2. The average molecular weight is 417 g/mol. The Bertz CT molecular complexity index is 792. The van der Waals surface area contributed by atoms with Gasteiger partial charge in [0, 0.05) is 23.2 Å². The maximum absolute atomic E-state index is 12.7. The Kier molecular flexibility index (Phi) is 5.93. The molecule has 3 rings (SSSR count). The smallest absolute Gasteiger partial charge is 0.262 e. The van der Waals surface area contributed by atoms with Crippen molar-refractivity contribution in [1.29, 1.82) is 0 Å². The fourth-order valence-electron chi connectivity index (χ4n) is 2.93. The number of anilines is 1. The highest BCUT2D eigenvalue weighted by molar-refractivity contribution is 9.10. The number of nitrogens with zero attached hydrogens (tertiary/aromatic N) is 1. The van der Waals surface area contributed by atoms with Crippen LogP contribution in [0.2, 0.25) is 0 Å².